The zero-order chi connectivity index (χ0) is 17.1. The van der Waals surface area contributed by atoms with Gasteiger partial charge < -0.3 is 10.2 Å². The minimum absolute atomic E-state index is 0.0986. The lowest BCUT2D eigenvalue weighted by Crippen LogP contribution is -2.19. The van der Waals surface area contributed by atoms with E-state index in [4.69, 9.17) is 10.2 Å². The highest BCUT2D eigenvalue weighted by atomic mass is 19.1. The number of nitrogen functional groups attached to an aromatic ring is 1. The van der Waals surface area contributed by atoms with Gasteiger partial charge in [0.15, 0.2) is 0 Å². The highest BCUT2D eigenvalue weighted by Crippen LogP contribution is 2.25. The number of aromatic nitrogens is 2. The third-order valence-electron chi connectivity index (χ3n) is 2.91. The van der Waals surface area contributed by atoms with E-state index in [9.17, 15) is 13.6 Å². The lowest BCUT2D eigenvalue weighted by molar-refractivity contribution is 0.0946. The largest absolute Gasteiger partial charge is 0.455 e. The first-order valence-corrected chi connectivity index (χ1v) is 6.51. The molecule has 0 aliphatic carbocycles. The Bertz CT molecular complexity index is 919. The Hall–Kier alpha value is -3.56. The summed E-state index contributed by atoms with van der Waals surface area (Å²) in [4.78, 5) is 11.6. The van der Waals surface area contributed by atoms with E-state index in [1.165, 1.54) is 24.4 Å². The molecule has 1 amide bonds. The Kier molecular flexibility index (Phi) is 4.01. The van der Waals surface area contributed by atoms with Crippen LogP contribution < -0.4 is 11.2 Å². The molecule has 2 aromatic heterocycles. The number of hydrazone groups is 1. The van der Waals surface area contributed by atoms with Crippen molar-refractivity contribution in [3.05, 3.63) is 53.4 Å². The molecule has 0 fully saturated rings. The monoisotopic (exact) mass is 333 g/mol. The molecule has 0 aliphatic rings. The Labute approximate surface area is 132 Å². The van der Waals surface area contributed by atoms with Gasteiger partial charge in [-0.1, -0.05) is 0 Å². The van der Waals surface area contributed by atoms with Crippen molar-refractivity contribution >= 4 is 17.9 Å². The number of benzene rings is 1. The Morgan fingerprint density at radius 2 is 2.08 bits per heavy atom. The number of amides is 1. The van der Waals surface area contributed by atoms with Gasteiger partial charge in [-0.2, -0.15) is 5.10 Å². The molecule has 0 saturated carbocycles. The maximum atomic E-state index is 13.7. The van der Waals surface area contributed by atoms with E-state index >= 15 is 0 Å². The number of hydrogen-bond acceptors (Lipinski definition) is 7. The highest BCUT2D eigenvalue weighted by Gasteiger charge is 2.15. The number of hydrogen-bond donors (Lipinski definition) is 2. The second-order valence-corrected chi connectivity index (χ2v) is 4.52. The average Bonchev–Trinajstić information content (AvgIpc) is 3.16. The average molecular weight is 333 g/mol. The van der Waals surface area contributed by atoms with E-state index in [0.717, 1.165) is 12.1 Å². The summed E-state index contributed by atoms with van der Waals surface area (Å²) < 4.78 is 36.2. The van der Waals surface area contributed by atoms with Gasteiger partial charge >= 0.3 is 0 Å². The number of anilines is 1. The predicted octanol–water partition coefficient (Wildman–Crippen LogP) is 1.95. The maximum absolute atomic E-state index is 13.7. The summed E-state index contributed by atoms with van der Waals surface area (Å²) in [5.41, 5.74) is 7.39. The Balaban J connectivity index is 1.70. The van der Waals surface area contributed by atoms with Crippen molar-refractivity contribution in [2.45, 2.75) is 0 Å². The lowest BCUT2D eigenvalue weighted by atomic mass is 10.1. The molecule has 1 aromatic carbocycles. The van der Waals surface area contributed by atoms with Crippen LogP contribution in [0, 0.1) is 11.6 Å². The van der Waals surface area contributed by atoms with E-state index < -0.39 is 17.5 Å². The number of carbonyl (C=O) groups is 1. The summed E-state index contributed by atoms with van der Waals surface area (Å²) in [5.74, 6) is -1.91. The summed E-state index contributed by atoms with van der Waals surface area (Å²) in [7, 11) is 0. The lowest BCUT2D eigenvalue weighted by Gasteiger charge is -1.99. The summed E-state index contributed by atoms with van der Waals surface area (Å²) in [6.07, 6.45) is 1.19. The quantitative estimate of drug-likeness (QED) is 0.556. The normalized spacial score (nSPS) is 11.1. The molecular formula is C14H9F2N5O3. The van der Waals surface area contributed by atoms with Gasteiger partial charge in [-0.15, -0.1) is 0 Å². The Morgan fingerprint density at radius 1 is 1.25 bits per heavy atom. The number of nitrogens with two attached hydrogens (primary N) is 1. The van der Waals surface area contributed by atoms with Crippen molar-refractivity contribution in [1.82, 2.24) is 15.7 Å². The molecule has 0 unspecified atom stereocenters. The van der Waals surface area contributed by atoms with Crippen molar-refractivity contribution in [3.63, 3.8) is 0 Å². The topological polar surface area (TPSA) is 120 Å². The second-order valence-electron chi connectivity index (χ2n) is 4.52. The number of carbonyl (C=O) groups excluding carboxylic acids is 1. The van der Waals surface area contributed by atoms with Gasteiger partial charge in [0, 0.05) is 6.07 Å². The fraction of sp³-hybridized carbons (Fsp3) is 0. The number of rotatable bonds is 4. The third-order valence-corrected chi connectivity index (χ3v) is 2.91. The summed E-state index contributed by atoms with van der Waals surface area (Å²) >= 11 is 0. The molecular weight excluding hydrogens is 324 g/mol. The summed E-state index contributed by atoms with van der Waals surface area (Å²) in [5, 5.41) is 10.2. The Morgan fingerprint density at radius 3 is 2.79 bits per heavy atom. The zero-order valence-corrected chi connectivity index (χ0v) is 11.9. The van der Waals surface area contributed by atoms with Crippen molar-refractivity contribution in [3.8, 4) is 11.3 Å². The van der Waals surface area contributed by atoms with Crippen molar-refractivity contribution in [2.75, 3.05) is 5.73 Å². The summed E-state index contributed by atoms with van der Waals surface area (Å²) in [6, 6.07) is 6.11. The first-order valence-electron chi connectivity index (χ1n) is 6.51. The van der Waals surface area contributed by atoms with Crippen LogP contribution in [-0.4, -0.2) is 22.4 Å². The van der Waals surface area contributed by atoms with E-state index in [-0.39, 0.29) is 28.6 Å². The van der Waals surface area contributed by atoms with Gasteiger partial charge in [0.1, 0.15) is 23.2 Å². The standard InChI is InChI=1S/C14H9F2N5O3/c15-7-1-3-9(10(16)5-7)11-4-2-8(23-11)6-18-19-14(22)12-13(17)21-24-20-12/h1-6H,(H2,17,21)(H,19,22)/b18-6-. The number of halogens is 2. The SMILES string of the molecule is Nc1nonc1C(=O)N/N=C\c1ccc(-c2ccc(F)cc2F)o1. The van der Waals surface area contributed by atoms with Crippen LogP contribution in [0.15, 0.2) is 44.5 Å². The van der Waals surface area contributed by atoms with Gasteiger partial charge in [0.05, 0.1) is 11.8 Å². The molecule has 24 heavy (non-hydrogen) atoms. The predicted molar refractivity (Wildman–Crippen MR) is 77.8 cm³/mol. The first kappa shape index (κ1) is 15.3. The molecule has 122 valence electrons. The van der Waals surface area contributed by atoms with Crippen LogP contribution in [0.5, 0.6) is 0 Å². The van der Waals surface area contributed by atoms with Crippen LogP contribution in [0.3, 0.4) is 0 Å². The molecule has 0 atom stereocenters. The van der Waals surface area contributed by atoms with Gasteiger partial charge in [0.2, 0.25) is 11.5 Å². The summed E-state index contributed by atoms with van der Waals surface area (Å²) in [6.45, 7) is 0. The molecule has 2 heterocycles. The smallest absolute Gasteiger partial charge is 0.297 e. The van der Waals surface area contributed by atoms with Crippen molar-refractivity contribution in [1.29, 1.82) is 0 Å². The zero-order valence-electron chi connectivity index (χ0n) is 11.9. The molecule has 3 N–H and O–H groups in total. The minimum Gasteiger partial charge on any atom is -0.455 e. The maximum Gasteiger partial charge on any atom is 0.297 e. The van der Waals surface area contributed by atoms with Crippen LogP contribution in [0.1, 0.15) is 16.2 Å². The van der Waals surface area contributed by atoms with Gasteiger partial charge in [-0.05, 0) is 34.6 Å². The van der Waals surface area contributed by atoms with Crippen molar-refractivity contribution in [2.24, 2.45) is 5.10 Å². The number of nitrogens with one attached hydrogen (secondary N) is 1. The highest BCUT2D eigenvalue weighted by molar-refractivity contribution is 5.96. The van der Waals surface area contributed by atoms with Crippen LogP contribution in [-0.2, 0) is 0 Å². The molecule has 0 aliphatic heterocycles. The second kappa shape index (κ2) is 6.28. The molecule has 3 aromatic rings. The molecule has 10 heteroatoms. The van der Waals surface area contributed by atoms with Gasteiger partial charge in [-0.3, -0.25) is 4.79 Å². The fourth-order valence-electron chi connectivity index (χ4n) is 1.82. The molecule has 8 nitrogen and oxygen atoms in total. The van der Waals surface area contributed by atoms with E-state index in [0.29, 0.717) is 0 Å². The van der Waals surface area contributed by atoms with Crippen LogP contribution in [0.2, 0.25) is 0 Å². The first-order chi connectivity index (χ1) is 11.5. The number of nitrogens with zero attached hydrogens (tertiary/aromatic N) is 3. The van der Waals surface area contributed by atoms with E-state index in [1.807, 2.05) is 0 Å². The van der Waals surface area contributed by atoms with Gasteiger partial charge in [-0.25, -0.2) is 18.8 Å². The molecule has 0 radical (unpaired) electrons. The van der Waals surface area contributed by atoms with E-state index in [1.54, 1.807) is 0 Å². The van der Waals surface area contributed by atoms with Crippen LogP contribution in [0.25, 0.3) is 11.3 Å². The van der Waals surface area contributed by atoms with Gasteiger partial charge in [0.25, 0.3) is 5.91 Å². The van der Waals surface area contributed by atoms with Crippen LogP contribution >= 0.6 is 0 Å². The van der Waals surface area contributed by atoms with Crippen LogP contribution in [0.4, 0.5) is 14.6 Å². The molecule has 0 saturated heterocycles. The molecule has 3 rings (SSSR count). The molecule has 0 bridgehead atoms. The fourth-order valence-corrected chi connectivity index (χ4v) is 1.82. The third kappa shape index (κ3) is 3.11. The van der Waals surface area contributed by atoms with Crippen molar-refractivity contribution < 1.29 is 22.6 Å². The minimum atomic E-state index is -0.754. The number of furan rings is 1. The molecule has 0 spiro atoms. The van der Waals surface area contributed by atoms with E-state index in [2.05, 4.69) is 25.5 Å².